The minimum Gasteiger partial charge on any atom is -0.497 e. The molecule has 5 rings (SSSR count). The number of aromatic nitrogens is 2. The van der Waals surface area contributed by atoms with Crippen LogP contribution in [-0.2, 0) is 25.4 Å². The number of H-pyrrole nitrogens is 1. The van der Waals surface area contributed by atoms with Crippen molar-refractivity contribution in [2.75, 3.05) is 20.3 Å². The van der Waals surface area contributed by atoms with Crippen molar-refractivity contribution in [3.05, 3.63) is 62.4 Å². The minimum absolute atomic E-state index is 0.214. The van der Waals surface area contributed by atoms with Crippen molar-refractivity contribution in [2.24, 2.45) is 0 Å². The molecule has 3 saturated heterocycles. The number of ether oxygens (including phenoxy) is 5. The van der Waals surface area contributed by atoms with Crippen molar-refractivity contribution in [1.82, 2.24) is 9.55 Å². The number of hydrogen-bond donors (Lipinski definition) is 1. The lowest BCUT2D eigenvalue weighted by atomic mass is 9.88. The number of fused-ring (bicyclic) bond motifs is 4. The van der Waals surface area contributed by atoms with Crippen molar-refractivity contribution in [2.45, 2.75) is 56.5 Å². The molecule has 2 bridgehead atoms. The molecule has 2 aromatic rings. The first-order chi connectivity index (χ1) is 15.0. The zero-order valence-corrected chi connectivity index (χ0v) is 17.5. The van der Waals surface area contributed by atoms with Gasteiger partial charge in [-0.2, -0.15) is 0 Å². The summed E-state index contributed by atoms with van der Waals surface area (Å²) in [7, 11) is 1.63. The number of hydrogen-bond acceptors (Lipinski definition) is 7. The van der Waals surface area contributed by atoms with Crippen LogP contribution >= 0.6 is 0 Å². The van der Waals surface area contributed by atoms with Crippen molar-refractivity contribution < 1.29 is 23.7 Å². The minimum atomic E-state index is -0.468. The van der Waals surface area contributed by atoms with Gasteiger partial charge in [-0.1, -0.05) is 12.1 Å². The molecule has 3 aliphatic heterocycles. The van der Waals surface area contributed by atoms with E-state index in [4.69, 9.17) is 23.7 Å². The topological polar surface area (TPSA) is 101 Å². The van der Waals surface area contributed by atoms with Crippen molar-refractivity contribution in [3.63, 3.8) is 0 Å². The van der Waals surface area contributed by atoms with E-state index in [2.05, 4.69) is 4.98 Å². The van der Waals surface area contributed by atoms with Gasteiger partial charge < -0.3 is 23.7 Å². The summed E-state index contributed by atoms with van der Waals surface area (Å²) < 4.78 is 31.3. The molecule has 4 heterocycles. The molecule has 9 nitrogen and oxygen atoms in total. The van der Waals surface area contributed by atoms with Crippen LogP contribution in [0.5, 0.6) is 5.75 Å². The van der Waals surface area contributed by atoms with Gasteiger partial charge in [0.25, 0.3) is 5.56 Å². The lowest BCUT2D eigenvalue weighted by molar-refractivity contribution is -0.333. The molecule has 6 atom stereocenters. The van der Waals surface area contributed by atoms with Crippen LogP contribution in [0.15, 0.2) is 40.1 Å². The Hall–Kier alpha value is -2.46. The number of rotatable bonds is 4. The summed E-state index contributed by atoms with van der Waals surface area (Å²) >= 11 is 0. The quantitative estimate of drug-likeness (QED) is 0.770. The van der Waals surface area contributed by atoms with Gasteiger partial charge in [0.1, 0.15) is 24.1 Å². The molecular formula is C22H26N2O7. The van der Waals surface area contributed by atoms with E-state index >= 15 is 0 Å². The van der Waals surface area contributed by atoms with Gasteiger partial charge in [0, 0.05) is 24.8 Å². The second-order valence-corrected chi connectivity index (χ2v) is 8.22. The van der Waals surface area contributed by atoms with Gasteiger partial charge in [-0.25, -0.2) is 4.79 Å². The summed E-state index contributed by atoms with van der Waals surface area (Å²) in [6, 6.07) is 7.39. The number of benzene rings is 1. The third-order valence-corrected chi connectivity index (χ3v) is 6.25. The maximum Gasteiger partial charge on any atom is 0.328 e. The molecule has 3 fully saturated rings. The van der Waals surface area contributed by atoms with Gasteiger partial charge in [-0.05, 0) is 31.0 Å². The van der Waals surface area contributed by atoms with Gasteiger partial charge in [0.15, 0.2) is 6.29 Å². The number of aromatic amines is 1. The lowest BCUT2D eigenvalue weighted by Crippen LogP contribution is -2.64. The monoisotopic (exact) mass is 430 g/mol. The van der Waals surface area contributed by atoms with Crippen LogP contribution < -0.4 is 16.0 Å². The van der Waals surface area contributed by atoms with E-state index in [0.29, 0.717) is 31.6 Å². The van der Waals surface area contributed by atoms with Gasteiger partial charge in [-0.15, -0.1) is 0 Å². The Morgan fingerprint density at radius 3 is 2.68 bits per heavy atom. The summed E-state index contributed by atoms with van der Waals surface area (Å²) in [4.78, 5) is 26.8. The number of aryl methyl sites for hydroxylation is 1. The molecule has 1 N–H and O–H groups in total. The first-order valence-corrected chi connectivity index (χ1v) is 10.5. The third-order valence-electron chi connectivity index (χ3n) is 6.25. The summed E-state index contributed by atoms with van der Waals surface area (Å²) in [6.45, 7) is 2.60. The van der Waals surface area contributed by atoms with Crippen LogP contribution in [0.2, 0.25) is 0 Å². The zero-order valence-electron chi connectivity index (χ0n) is 17.5. The maximum absolute atomic E-state index is 12.6. The molecule has 166 valence electrons. The molecule has 3 unspecified atom stereocenters. The Morgan fingerprint density at radius 1 is 1.10 bits per heavy atom. The summed E-state index contributed by atoms with van der Waals surface area (Å²) in [5, 5.41) is 0. The standard InChI is InChI=1S/C22H26N2O7/c1-12-10-24(22(26)23-21(12)25)18-15-7-8-28-20(18)19-16(30-15)11-29-17(31-19)9-13-3-5-14(27-2)6-4-13/h3-6,10,15-20H,7-9,11H2,1-2H3,(H,23,25,26)/t15?,16-,17?,18-,19+,20?/m1/s1. The number of methoxy groups -OCH3 is 1. The molecule has 1 aromatic heterocycles. The highest BCUT2D eigenvalue weighted by Crippen LogP contribution is 2.40. The molecule has 1 aromatic carbocycles. The van der Waals surface area contributed by atoms with Gasteiger partial charge in [0.2, 0.25) is 0 Å². The molecule has 0 spiro atoms. The molecular weight excluding hydrogens is 404 g/mol. The molecule has 0 aliphatic carbocycles. The highest BCUT2D eigenvalue weighted by atomic mass is 16.7. The fraction of sp³-hybridized carbons (Fsp3) is 0.545. The fourth-order valence-corrected chi connectivity index (χ4v) is 4.67. The normalized spacial score (nSPS) is 32.3. The van der Waals surface area contributed by atoms with Crippen molar-refractivity contribution in [3.8, 4) is 5.75 Å². The first-order valence-electron chi connectivity index (χ1n) is 10.5. The van der Waals surface area contributed by atoms with E-state index in [1.807, 2.05) is 24.3 Å². The Balaban J connectivity index is 1.38. The van der Waals surface area contributed by atoms with Crippen LogP contribution in [-0.4, -0.2) is 60.6 Å². The Labute approximate surface area is 178 Å². The van der Waals surface area contributed by atoms with Crippen LogP contribution in [0.3, 0.4) is 0 Å². The predicted molar refractivity (Wildman–Crippen MR) is 109 cm³/mol. The van der Waals surface area contributed by atoms with E-state index in [0.717, 1.165) is 11.3 Å². The SMILES string of the molecule is COc1ccc(CC2OC[C@H]3OC4CCOC([C@@H]4n4cc(C)c(=O)[nH]c4=O)[C@H]3O2)cc1. The third kappa shape index (κ3) is 3.82. The van der Waals surface area contributed by atoms with Crippen molar-refractivity contribution >= 4 is 0 Å². The van der Waals surface area contributed by atoms with Gasteiger partial charge >= 0.3 is 5.69 Å². The number of nitrogens with one attached hydrogen (secondary N) is 1. The van der Waals surface area contributed by atoms with Gasteiger partial charge in [0.05, 0.1) is 25.9 Å². The molecule has 0 amide bonds. The van der Waals surface area contributed by atoms with Crippen LogP contribution in [0.4, 0.5) is 0 Å². The lowest BCUT2D eigenvalue weighted by Gasteiger charge is -2.52. The smallest absolute Gasteiger partial charge is 0.328 e. The highest BCUT2D eigenvalue weighted by Gasteiger charge is 2.53. The Bertz CT molecular complexity index is 1050. The Kier molecular flexibility index (Phi) is 5.43. The second-order valence-electron chi connectivity index (χ2n) is 8.22. The van der Waals surface area contributed by atoms with Gasteiger partial charge in [-0.3, -0.25) is 14.3 Å². The Morgan fingerprint density at radius 2 is 1.90 bits per heavy atom. The van der Waals surface area contributed by atoms with E-state index in [-0.39, 0.29) is 36.0 Å². The highest BCUT2D eigenvalue weighted by molar-refractivity contribution is 5.27. The van der Waals surface area contributed by atoms with E-state index in [9.17, 15) is 9.59 Å². The van der Waals surface area contributed by atoms with E-state index < -0.39 is 12.0 Å². The predicted octanol–water partition coefficient (Wildman–Crippen LogP) is 0.935. The molecule has 0 radical (unpaired) electrons. The average molecular weight is 430 g/mol. The van der Waals surface area contributed by atoms with Crippen LogP contribution in [0.25, 0.3) is 0 Å². The largest absolute Gasteiger partial charge is 0.497 e. The van der Waals surface area contributed by atoms with Crippen LogP contribution in [0, 0.1) is 6.92 Å². The molecule has 9 heteroatoms. The van der Waals surface area contributed by atoms with Crippen molar-refractivity contribution in [1.29, 1.82) is 0 Å². The maximum atomic E-state index is 12.6. The molecule has 31 heavy (non-hydrogen) atoms. The van der Waals surface area contributed by atoms with E-state index in [1.54, 1.807) is 20.2 Å². The molecule has 0 saturated carbocycles. The summed E-state index contributed by atoms with van der Waals surface area (Å²) in [5.41, 5.74) is 0.673. The average Bonchev–Trinajstić information content (AvgIpc) is 2.77. The zero-order chi connectivity index (χ0) is 21.5. The fourth-order valence-electron chi connectivity index (χ4n) is 4.67. The van der Waals surface area contributed by atoms with E-state index in [1.165, 1.54) is 4.57 Å². The second kappa shape index (κ2) is 8.23. The summed E-state index contributed by atoms with van der Waals surface area (Å²) in [5.74, 6) is 0.793. The molecule has 3 aliphatic rings. The summed E-state index contributed by atoms with van der Waals surface area (Å²) in [6.07, 6.45) is 1.14. The number of nitrogens with zero attached hydrogens (tertiary/aromatic N) is 1. The van der Waals surface area contributed by atoms with Crippen LogP contribution in [0.1, 0.15) is 23.6 Å². The first kappa shape index (κ1) is 20.4.